The SMILES string of the molecule is CCCNC(Cc1ccc2c(c1)CCC2)C1CC1C. The molecular formula is C18H27N. The van der Waals surface area contributed by atoms with Gasteiger partial charge < -0.3 is 5.32 Å². The number of benzene rings is 1. The van der Waals surface area contributed by atoms with Crippen molar-refractivity contribution < 1.29 is 0 Å². The zero-order chi connectivity index (χ0) is 13.2. The van der Waals surface area contributed by atoms with Gasteiger partial charge in [0, 0.05) is 6.04 Å². The summed E-state index contributed by atoms with van der Waals surface area (Å²) in [6.45, 7) is 5.82. The van der Waals surface area contributed by atoms with Gasteiger partial charge in [0.05, 0.1) is 0 Å². The largest absolute Gasteiger partial charge is 0.313 e. The summed E-state index contributed by atoms with van der Waals surface area (Å²) in [6.07, 6.45) is 7.84. The molecule has 0 aromatic heterocycles. The minimum atomic E-state index is 0.703. The predicted octanol–water partition coefficient (Wildman–Crippen LogP) is 3.74. The Bertz CT molecular complexity index is 437. The summed E-state index contributed by atoms with van der Waals surface area (Å²) < 4.78 is 0. The molecule has 0 radical (unpaired) electrons. The number of rotatable bonds is 6. The van der Waals surface area contributed by atoms with E-state index in [1.807, 2.05) is 0 Å². The van der Waals surface area contributed by atoms with Crippen LogP contribution in [-0.2, 0) is 19.3 Å². The van der Waals surface area contributed by atoms with Crippen molar-refractivity contribution in [1.82, 2.24) is 5.32 Å². The third-order valence-electron chi connectivity index (χ3n) is 4.96. The quantitative estimate of drug-likeness (QED) is 0.818. The monoisotopic (exact) mass is 257 g/mol. The Labute approximate surface area is 117 Å². The highest BCUT2D eigenvalue weighted by atomic mass is 14.9. The molecule has 0 bridgehead atoms. The molecule has 0 spiro atoms. The molecule has 1 saturated carbocycles. The van der Waals surface area contributed by atoms with E-state index in [0.29, 0.717) is 6.04 Å². The van der Waals surface area contributed by atoms with Crippen LogP contribution < -0.4 is 5.32 Å². The number of hydrogen-bond acceptors (Lipinski definition) is 1. The van der Waals surface area contributed by atoms with Crippen LogP contribution >= 0.6 is 0 Å². The van der Waals surface area contributed by atoms with Crippen LogP contribution in [0.3, 0.4) is 0 Å². The zero-order valence-electron chi connectivity index (χ0n) is 12.4. The van der Waals surface area contributed by atoms with Crippen molar-refractivity contribution in [3.8, 4) is 0 Å². The zero-order valence-corrected chi connectivity index (χ0v) is 12.4. The molecule has 1 aromatic rings. The molecule has 19 heavy (non-hydrogen) atoms. The van der Waals surface area contributed by atoms with Crippen molar-refractivity contribution in [2.45, 2.75) is 58.4 Å². The summed E-state index contributed by atoms with van der Waals surface area (Å²) in [5.41, 5.74) is 4.77. The van der Waals surface area contributed by atoms with Gasteiger partial charge in [0.2, 0.25) is 0 Å². The lowest BCUT2D eigenvalue weighted by Crippen LogP contribution is -2.34. The molecule has 104 valence electrons. The maximum Gasteiger partial charge on any atom is 0.0138 e. The fourth-order valence-electron chi connectivity index (χ4n) is 3.62. The van der Waals surface area contributed by atoms with Gasteiger partial charge in [-0.15, -0.1) is 0 Å². The van der Waals surface area contributed by atoms with E-state index in [2.05, 4.69) is 37.4 Å². The van der Waals surface area contributed by atoms with Crippen molar-refractivity contribution in [2.24, 2.45) is 11.8 Å². The molecule has 0 aliphatic heterocycles. The first-order valence-electron chi connectivity index (χ1n) is 8.12. The van der Waals surface area contributed by atoms with Crippen LogP contribution in [0.5, 0.6) is 0 Å². The summed E-state index contributed by atoms with van der Waals surface area (Å²) in [4.78, 5) is 0. The molecule has 1 aromatic carbocycles. The molecule has 3 rings (SSSR count). The normalized spacial score (nSPS) is 26.2. The first-order chi connectivity index (χ1) is 9.28. The van der Waals surface area contributed by atoms with Crippen molar-refractivity contribution in [3.63, 3.8) is 0 Å². The van der Waals surface area contributed by atoms with Crippen molar-refractivity contribution in [1.29, 1.82) is 0 Å². The molecule has 0 saturated heterocycles. The molecule has 1 heteroatoms. The van der Waals surface area contributed by atoms with Gasteiger partial charge in [0.15, 0.2) is 0 Å². The van der Waals surface area contributed by atoms with Gasteiger partial charge in [-0.1, -0.05) is 32.0 Å². The third-order valence-corrected chi connectivity index (χ3v) is 4.96. The Morgan fingerprint density at radius 1 is 1.26 bits per heavy atom. The third kappa shape index (κ3) is 3.02. The lowest BCUT2D eigenvalue weighted by atomic mass is 9.98. The summed E-state index contributed by atoms with van der Waals surface area (Å²) >= 11 is 0. The van der Waals surface area contributed by atoms with E-state index >= 15 is 0 Å². The first kappa shape index (κ1) is 13.2. The van der Waals surface area contributed by atoms with E-state index in [-0.39, 0.29) is 0 Å². The molecule has 0 heterocycles. The van der Waals surface area contributed by atoms with Crippen LogP contribution in [0.4, 0.5) is 0 Å². The maximum atomic E-state index is 3.78. The van der Waals surface area contributed by atoms with E-state index in [0.717, 1.165) is 11.8 Å². The fraction of sp³-hybridized carbons (Fsp3) is 0.667. The van der Waals surface area contributed by atoms with Crippen LogP contribution in [0.1, 0.15) is 49.8 Å². The van der Waals surface area contributed by atoms with Gasteiger partial charge in [-0.3, -0.25) is 0 Å². The minimum absolute atomic E-state index is 0.703. The van der Waals surface area contributed by atoms with Crippen molar-refractivity contribution in [3.05, 3.63) is 34.9 Å². The lowest BCUT2D eigenvalue weighted by Gasteiger charge is -2.19. The second-order valence-corrected chi connectivity index (χ2v) is 6.60. The Balaban J connectivity index is 1.67. The van der Waals surface area contributed by atoms with Crippen molar-refractivity contribution >= 4 is 0 Å². The second kappa shape index (κ2) is 5.66. The highest BCUT2D eigenvalue weighted by Crippen LogP contribution is 2.41. The Morgan fingerprint density at radius 3 is 2.79 bits per heavy atom. The Kier molecular flexibility index (Phi) is 3.93. The summed E-state index contributed by atoms with van der Waals surface area (Å²) in [5, 5.41) is 3.78. The van der Waals surface area contributed by atoms with E-state index in [1.165, 1.54) is 45.1 Å². The van der Waals surface area contributed by atoms with E-state index < -0.39 is 0 Å². The average Bonchev–Trinajstić information content (AvgIpc) is 2.96. The standard InChI is InChI=1S/C18H27N/c1-3-9-19-18(17-10-13(17)2)12-14-7-8-15-5-4-6-16(15)11-14/h7-8,11,13,17-19H,3-6,9-10,12H2,1-2H3. The molecule has 1 N–H and O–H groups in total. The molecule has 3 unspecified atom stereocenters. The topological polar surface area (TPSA) is 12.0 Å². The number of hydrogen-bond donors (Lipinski definition) is 1. The molecule has 1 fully saturated rings. The van der Waals surface area contributed by atoms with Gasteiger partial charge in [0.25, 0.3) is 0 Å². The molecule has 2 aliphatic rings. The summed E-state index contributed by atoms with van der Waals surface area (Å²) in [6, 6.07) is 7.94. The smallest absolute Gasteiger partial charge is 0.0138 e. The van der Waals surface area contributed by atoms with Crippen LogP contribution in [-0.4, -0.2) is 12.6 Å². The first-order valence-corrected chi connectivity index (χ1v) is 8.12. The maximum absolute atomic E-state index is 3.78. The summed E-state index contributed by atoms with van der Waals surface area (Å²) in [5.74, 6) is 1.85. The molecule has 3 atom stereocenters. The van der Waals surface area contributed by atoms with Gasteiger partial charge in [0.1, 0.15) is 0 Å². The van der Waals surface area contributed by atoms with Gasteiger partial charge in [-0.05, 0) is 73.6 Å². The van der Waals surface area contributed by atoms with E-state index in [4.69, 9.17) is 0 Å². The molecular weight excluding hydrogens is 230 g/mol. The second-order valence-electron chi connectivity index (χ2n) is 6.60. The van der Waals surface area contributed by atoms with Crippen LogP contribution in [0.2, 0.25) is 0 Å². The number of fused-ring (bicyclic) bond motifs is 1. The average molecular weight is 257 g/mol. The number of nitrogens with one attached hydrogen (secondary N) is 1. The van der Waals surface area contributed by atoms with Gasteiger partial charge >= 0.3 is 0 Å². The molecule has 2 aliphatic carbocycles. The van der Waals surface area contributed by atoms with Crippen LogP contribution in [0.25, 0.3) is 0 Å². The predicted molar refractivity (Wildman–Crippen MR) is 81.5 cm³/mol. The van der Waals surface area contributed by atoms with Crippen LogP contribution in [0, 0.1) is 11.8 Å². The Morgan fingerprint density at radius 2 is 2.05 bits per heavy atom. The van der Waals surface area contributed by atoms with Crippen molar-refractivity contribution in [2.75, 3.05) is 6.54 Å². The highest BCUT2D eigenvalue weighted by molar-refractivity contribution is 5.35. The highest BCUT2D eigenvalue weighted by Gasteiger charge is 2.38. The lowest BCUT2D eigenvalue weighted by molar-refractivity contribution is 0.443. The van der Waals surface area contributed by atoms with E-state index in [1.54, 1.807) is 16.7 Å². The molecule has 0 amide bonds. The van der Waals surface area contributed by atoms with E-state index in [9.17, 15) is 0 Å². The minimum Gasteiger partial charge on any atom is -0.313 e. The van der Waals surface area contributed by atoms with Crippen LogP contribution in [0.15, 0.2) is 18.2 Å². The van der Waals surface area contributed by atoms with Gasteiger partial charge in [-0.2, -0.15) is 0 Å². The fourth-order valence-corrected chi connectivity index (χ4v) is 3.62. The van der Waals surface area contributed by atoms with Gasteiger partial charge in [-0.25, -0.2) is 0 Å². The molecule has 1 nitrogen and oxygen atoms in total. The number of aryl methyl sites for hydroxylation is 2. The summed E-state index contributed by atoms with van der Waals surface area (Å²) in [7, 11) is 0. The Hall–Kier alpha value is -0.820.